The van der Waals surface area contributed by atoms with Gasteiger partial charge in [-0.2, -0.15) is 5.26 Å². The summed E-state index contributed by atoms with van der Waals surface area (Å²) in [7, 11) is 1.86. The number of halogens is 1. The molecule has 0 saturated carbocycles. The van der Waals surface area contributed by atoms with Gasteiger partial charge in [0.2, 0.25) is 0 Å². The molecule has 4 nitrogen and oxygen atoms in total. The lowest BCUT2D eigenvalue weighted by Crippen LogP contribution is -2.25. The second kappa shape index (κ2) is 9.04. The highest BCUT2D eigenvalue weighted by Gasteiger charge is 2.09. The lowest BCUT2D eigenvalue weighted by atomic mass is 10.2. The van der Waals surface area contributed by atoms with Gasteiger partial charge in [-0.15, -0.1) is 0 Å². The maximum Gasteiger partial charge on any atom is 0.263 e. The fourth-order valence-corrected chi connectivity index (χ4v) is 1.84. The molecule has 1 aromatic rings. The van der Waals surface area contributed by atoms with Crippen molar-refractivity contribution in [2.45, 2.75) is 26.3 Å². The molecule has 0 spiro atoms. The zero-order valence-electron chi connectivity index (χ0n) is 12.4. The monoisotopic (exact) mass is 305 g/mol. The number of hydrogen-bond donors (Lipinski definition) is 1. The first-order chi connectivity index (χ1) is 10.1. The molecule has 0 heterocycles. The van der Waals surface area contributed by atoms with E-state index in [1.54, 1.807) is 18.3 Å². The van der Waals surface area contributed by atoms with Crippen molar-refractivity contribution < 1.29 is 4.79 Å². The summed E-state index contributed by atoms with van der Waals surface area (Å²) in [6, 6.07) is 9.15. The Hall–Kier alpha value is -1.99. The predicted molar refractivity (Wildman–Crippen MR) is 84.5 cm³/mol. The number of unbranched alkanes of at least 4 members (excludes halogenated alkanes) is 1. The normalized spacial score (nSPS) is 10.9. The Morgan fingerprint density at radius 2 is 2.10 bits per heavy atom. The van der Waals surface area contributed by atoms with Crippen molar-refractivity contribution in [2.75, 3.05) is 13.6 Å². The first-order valence-electron chi connectivity index (χ1n) is 6.91. The van der Waals surface area contributed by atoms with Crippen LogP contribution in [0.3, 0.4) is 0 Å². The summed E-state index contributed by atoms with van der Waals surface area (Å²) < 4.78 is 0. The molecular weight excluding hydrogens is 286 g/mol. The van der Waals surface area contributed by atoms with E-state index in [1.807, 2.05) is 30.1 Å². The van der Waals surface area contributed by atoms with Gasteiger partial charge in [-0.3, -0.25) is 4.79 Å². The number of amides is 1. The van der Waals surface area contributed by atoms with Crippen LogP contribution in [0.2, 0.25) is 5.02 Å². The van der Waals surface area contributed by atoms with Gasteiger partial charge in [-0.1, -0.05) is 37.1 Å². The van der Waals surface area contributed by atoms with Gasteiger partial charge in [0.1, 0.15) is 11.6 Å². The number of carbonyl (C=O) groups excluding carboxylic acids is 1. The maximum atomic E-state index is 12.0. The molecule has 0 aliphatic rings. The minimum atomic E-state index is -0.365. The standard InChI is InChI=1S/C16H20ClN3O/c1-3-4-9-20(2)12-14(10-18)16(21)19-11-13-5-7-15(17)8-6-13/h5-8,12H,3-4,9,11H2,1-2H3,(H,19,21)/b14-12-. The summed E-state index contributed by atoms with van der Waals surface area (Å²) in [6.45, 7) is 3.29. The van der Waals surface area contributed by atoms with Gasteiger partial charge in [-0.05, 0) is 24.1 Å². The van der Waals surface area contributed by atoms with Crippen LogP contribution < -0.4 is 5.32 Å². The van der Waals surface area contributed by atoms with E-state index >= 15 is 0 Å². The first-order valence-corrected chi connectivity index (χ1v) is 7.29. The molecule has 1 amide bonds. The van der Waals surface area contributed by atoms with Gasteiger partial charge in [0, 0.05) is 31.4 Å². The number of benzene rings is 1. The van der Waals surface area contributed by atoms with Gasteiger partial charge < -0.3 is 10.2 Å². The number of nitrogens with zero attached hydrogens (tertiary/aromatic N) is 2. The lowest BCUT2D eigenvalue weighted by Gasteiger charge is -2.14. The number of nitrogens with one attached hydrogen (secondary N) is 1. The summed E-state index contributed by atoms with van der Waals surface area (Å²) in [5.41, 5.74) is 1.05. The van der Waals surface area contributed by atoms with E-state index in [9.17, 15) is 4.79 Å². The van der Waals surface area contributed by atoms with Gasteiger partial charge in [0.15, 0.2) is 0 Å². The SMILES string of the molecule is CCCCN(C)/C=C(/C#N)C(=O)NCc1ccc(Cl)cc1. The number of carbonyl (C=O) groups is 1. The average molecular weight is 306 g/mol. The Labute approximate surface area is 131 Å². The molecule has 1 rings (SSSR count). The molecule has 0 aliphatic carbocycles. The average Bonchev–Trinajstić information content (AvgIpc) is 2.49. The summed E-state index contributed by atoms with van der Waals surface area (Å²) in [6.07, 6.45) is 3.69. The van der Waals surface area contributed by atoms with Gasteiger partial charge in [0.25, 0.3) is 5.91 Å². The number of rotatable bonds is 7. The van der Waals surface area contributed by atoms with Crippen molar-refractivity contribution in [3.05, 3.63) is 46.6 Å². The second-order valence-corrected chi connectivity index (χ2v) is 5.23. The van der Waals surface area contributed by atoms with Crippen LogP contribution in [0.25, 0.3) is 0 Å². The summed E-state index contributed by atoms with van der Waals surface area (Å²) in [5.74, 6) is -0.365. The molecule has 0 saturated heterocycles. The summed E-state index contributed by atoms with van der Waals surface area (Å²) >= 11 is 5.80. The molecule has 0 atom stereocenters. The lowest BCUT2D eigenvalue weighted by molar-refractivity contribution is -0.117. The van der Waals surface area contributed by atoms with Gasteiger partial charge in [0.05, 0.1) is 0 Å². The molecule has 0 fully saturated rings. The minimum Gasteiger partial charge on any atom is -0.379 e. The molecule has 0 aromatic heterocycles. The second-order valence-electron chi connectivity index (χ2n) is 4.80. The molecule has 0 bridgehead atoms. The van der Waals surface area contributed by atoms with E-state index in [4.69, 9.17) is 16.9 Å². The number of nitriles is 1. The van der Waals surface area contributed by atoms with Crippen LogP contribution in [0.1, 0.15) is 25.3 Å². The van der Waals surface area contributed by atoms with Gasteiger partial charge >= 0.3 is 0 Å². The van der Waals surface area contributed by atoms with E-state index in [0.717, 1.165) is 24.9 Å². The smallest absolute Gasteiger partial charge is 0.263 e. The van der Waals surface area contributed by atoms with Crippen LogP contribution in [0, 0.1) is 11.3 Å². The molecule has 21 heavy (non-hydrogen) atoms. The van der Waals surface area contributed by atoms with Crippen molar-refractivity contribution in [2.24, 2.45) is 0 Å². The van der Waals surface area contributed by atoms with Crippen LogP contribution in [-0.2, 0) is 11.3 Å². The quantitative estimate of drug-likeness (QED) is 0.622. The summed E-state index contributed by atoms with van der Waals surface area (Å²) in [5, 5.41) is 12.5. The summed E-state index contributed by atoms with van der Waals surface area (Å²) in [4.78, 5) is 13.8. The molecular formula is C16H20ClN3O. The number of hydrogen-bond acceptors (Lipinski definition) is 3. The Kier molecular flexibility index (Phi) is 7.34. The molecule has 0 aliphatic heterocycles. The highest BCUT2D eigenvalue weighted by Crippen LogP contribution is 2.09. The molecule has 112 valence electrons. The zero-order chi connectivity index (χ0) is 15.7. The van der Waals surface area contributed by atoms with Crippen LogP contribution >= 0.6 is 11.6 Å². The Bertz CT molecular complexity index is 531. The molecule has 1 aromatic carbocycles. The van der Waals surface area contributed by atoms with Crippen molar-refractivity contribution in [3.63, 3.8) is 0 Å². The maximum absolute atomic E-state index is 12.0. The molecule has 0 radical (unpaired) electrons. The van der Waals surface area contributed by atoms with Crippen LogP contribution in [0.4, 0.5) is 0 Å². The highest BCUT2D eigenvalue weighted by atomic mass is 35.5. The highest BCUT2D eigenvalue weighted by molar-refractivity contribution is 6.30. The van der Waals surface area contributed by atoms with E-state index in [1.165, 1.54) is 0 Å². The molecule has 0 unspecified atom stereocenters. The van der Waals surface area contributed by atoms with Crippen LogP contribution in [0.5, 0.6) is 0 Å². The van der Waals surface area contributed by atoms with Gasteiger partial charge in [-0.25, -0.2) is 0 Å². The van der Waals surface area contributed by atoms with Crippen molar-refractivity contribution in [1.82, 2.24) is 10.2 Å². The van der Waals surface area contributed by atoms with E-state index in [0.29, 0.717) is 11.6 Å². The van der Waals surface area contributed by atoms with E-state index in [-0.39, 0.29) is 11.5 Å². The first kappa shape index (κ1) is 17.1. The fraction of sp³-hybridized carbons (Fsp3) is 0.375. The third-order valence-electron chi connectivity index (χ3n) is 2.95. The molecule has 5 heteroatoms. The van der Waals surface area contributed by atoms with Crippen molar-refractivity contribution in [3.8, 4) is 6.07 Å². The van der Waals surface area contributed by atoms with Crippen molar-refractivity contribution >= 4 is 17.5 Å². The topological polar surface area (TPSA) is 56.1 Å². The predicted octanol–water partition coefficient (Wildman–Crippen LogP) is 3.10. The van der Waals surface area contributed by atoms with E-state index < -0.39 is 0 Å². The third kappa shape index (κ3) is 6.33. The van der Waals surface area contributed by atoms with Crippen LogP contribution in [-0.4, -0.2) is 24.4 Å². The Balaban J connectivity index is 2.57. The van der Waals surface area contributed by atoms with E-state index in [2.05, 4.69) is 12.2 Å². The fourth-order valence-electron chi connectivity index (χ4n) is 1.71. The third-order valence-corrected chi connectivity index (χ3v) is 3.20. The Morgan fingerprint density at radius 3 is 2.67 bits per heavy atom. The minimum absolute atomic E-state index is 0.113. The Morgan fingerprint density at radius 1 is 1.43 bits per heavy atom. The largest absolute Gasteiger partial charge is 0.379 e. The van der Waals surface area contributed by atoms with Crippen LogP contribution in [0.15, 0.2) is 36.0 Å². The van der Waals surface area contributed by atoms with Crippen molar-refractivity contribution in [1.29, 1.82) is 5.26 Å². The molecule has 1 N–H and O–H groups in total. The zero-order valence-corrected chi connectivity index (χ0v) is 13.2.